The van der Waals surface area contributed by atoms with Gasteiger partial charge >= 0.3 is 0 Å². The molecule has 0 unspecified atom stereocenters. The number of halogens is 4. The molecule has 0 fully saturated rings. The summed E-state index contributed by atoms with van der Waals surface area (Å²) in [7, 11) is 0. The van der Waals surface area contributed by atoms with E-state index >= 15 is 0 Å². The van der Waals surface area contributed by atoms with Crippen molar-refractivity contribution in [2.45, 2.75) is 6.43 Å². The Kier molecular flexibility index (Phi) is 3.33. The van der Waals surface area contributed by atoms with Crippen LogP contribution in [0.1, 0.15) is 12.1 Å². The molecular weight excluding hydrogens is 285 g/mol. The van der Waals surface area contributed by atoms with Crippen LogP contribution in [0.5, 0.6) is 0 Å². The van der Waals surface area contributed by atoms with Crippen LogP contribution in [0.4, 0.5) is 14.5 Å². The molecule has 0 spiro atoms. The maximum Gasteiger partial charge on any atom is 0.297 e. The molecule has 1 heterocycles. The monoisotopic (exact) mass is 286 g/mol. The Hall–Kier alpha value is -0.820. The second kappa shape index (κ2) is 4.14. The van der Waals surface area contributed by atoms with Crippen LogP contribution in [0.2, 0.25) is 5.15 Å². The van der Waals surface area contributed by atoms with Gasteiger partial charge in [0.2, 0.25) is 0 Å². The van der Waals surface area contributed by atoms with Crippen molar-refractivity contribution in [3.8, 4) is 0 Å². The fourth-order valence-corrected chi connectivity index (χ4v) is 1.23. The van der Waals surface area contributed by atoms with Crippen LogP contribution in [0.25, 0.3) is 0 Å². The number of hydrogen-bond acceptors (Lipinski definition) is 3. The van der Waals surface area contributed by atoms with Gasteiger partial charge in [-0.2, -0.15) is 0 Å². The fraction of sp³-hybridized carbons (Fsp3) is 0.167. The zero-order valence-electron chi connectivity index (χ0n) is 6.38. The second-order valence-corrected chi connectivity index (χ2v) is 3.44. The molecule has 1 rings (SSSR count). The summed E-state index contributed by atoms with van der Waals surface area (Å²) in [5.74, 6) is 0. The first-order valence-corrected chi connectivity index (χ1v) is 4.39. The van der Waals surface area contributed by atoms with Gasteiger partial charge in [0.25, 0.3) is 12.1 Å². The molecule has 0 bridgehead atoms. The van der Waals surface area contributed by atoms with Crippen LogP contribution in [-0.2, 0) is 0 Å². The SMILES string of the molecule is O=[N+]([O-])c1cc(Br)c(Cl)nc1C(F)F. The average Bonchev–Trinajstić information content (AvgIpc) is 2.08. The van der Waals surface area contributed by atoms with Crippen LogP contribution >= 0.6 is 27.5 Å². The van der Waals surface area contributed by atoms with Crippen molar-refractivity contribution in [1.82, 2.24) is 4.98 Å². The van der Waals surface area contributed by atoms with E-state index in [1.807, 2.05) is 0 Å². The molecule has 0 amide bonds. The van der Waals surface area contributed by atoms with E-state index in [1.165, 1.54) is 0 Å². The number of nitrogens with zero attached hydrogens (tertiary/aromatic N) is 2. The fourth-order valence-electron chi connectivity index (χ4n) is 0.777. The van der Waals surface area contributed by atoms with Crippen molar-refractivity contribution < 1.29 is 13.7 Å². The lowest BCUT2D eigenvalue weighted by molar-refractivity contribution is -0.386. The molecule has 8 heteroatoms. The molecule has 0 saturated heterocycles. The number of alkyl halides is 2. The molecule has 0 saturated carbocycles. The predicted octanol–water partition coefficient (Wildman–Crippen LogP) is 3.34. The first kappa shape index (κ1) is 11.3. The summed E-state index contributed by atoms with van der Waals surface area (Å²) in [4.78, 5) is 12.6. The molecular formula is C6H2BrClF2N2O2. The van der Waals surface area contributed by atoms with Crippen molar-refractivity contribution in [1.29, 1.82) is 0 Å². The lowest BCUT2D eigenvalue weighted by Gasteiger charge is -2.02. The Morgan fingerprint density at radius 2 is 2.21 bits per heavy atom. The van der Waals surface area contributed by atoms with Crippen LogP contribution in [0.3, 0.4) is 0 Å². The van der Waals surface area contributed by atoms with Crippen LogP contribution in [0, 0.1) is 10.1 Å². The van der Waals surface area contributed by atoms with Crippen molar-refractivity contribution in [3.63, 3.8) is 0 Å². The van der Waals surface area contributed by atoms with Gasteiger partial charge in [-0.05, 0) is 15.9 Å². The molecule has 76 valence electrons. The van der Waals surface area contributed by atoms with E-state index in [9.17, 15) is 18.9 Å². The van der Waals surface area contributed by atoms with Crippen molar-refractivity contribution in [3.05, 3.63) is 31.5 Å². The van der Waals surface area contributed by atoms with E-state index < -0.39 is 22.7 Å². The smallest absolute Gasteiger partial charge is 0.258 e. The molecule has 0 N–H and O–H groups in total. The molecule has 0 aliphatic heterocycles. The molecule has 0 aromatic carbocycles. The highest BCUT2D eigenvalue weighted by Gasteiger charge is 2.25. The third kappa shape index (κ3) is 2.16. The van der Waals surface area contributed by atoms with Crippen molar-refractivity contribution >= 4 is 33.2 Å². The minimum Gasteiger partial charge on any atom is -0.258 e. The van der Waals surface area contributed by atoms with Crippen LogP contribution < -0.4 is 0 Å². The summed E-state index contributed by atoms with van der Waals surface area (Å²) in [6.45, 7) is 0. The Labute approximate surface area is 90.2 Å². The molecule has 1 aromatic heterocycles. The lowest BCUT2D eigenvalue weighted by atomic mass is 10.3. The van der Waals surface area contributed by atoms with E-state index in [0.717, 1.165) is 6.07 Å². The van der Waals surface area contributed by atoms with E-state index in [2.05, 4.69) is 20.9 Å². The third-order valence-electron chi connectivity index (χ3n) is 1.34. The number of pyridine rings is 1. The molecule has 4 nitrogen and oxygen atoms in total. The molecule has 0 radical (unpaired) electrons. The Morgan fingerprint density at radius 3 is 2.64 bits per heavy atom. The van der Waals surface area contributed by atoms with Gasteiger partial charge in [0.05, 0.1) is 9.40 Å². The van der Waals surface area contributed by atoms with Gasteiger partial charge in [-0.25, -0.2) is 13.8 Å². The quantitative estimate of drug-likeness (QED) is 0.476. The Morgan fingerprint density at radius 1 is 1.64 bits per heavy atom. The largest absolute Gasteiger partial charge is 0.297 e. The highest BCUT2D eigenvalue weighted by Crippen LogP contribution is 2.32. The van der Waals surface area contributed by atoms with Crippen LogP contribution in [-0.4, -0.2) is 9.91 Å². The minimum absolute atomic E-state index is 0.107. The molecule has 0 aliphatic rings. The maximum absolute atomic E-state index is 12.3. The first-order valence-electron chi connectivity index (χ1n) is 3.22. The standard InChI is InChI=1S/C6H2BrClF2N2O2/c7-2-1-3(12(13)14)4(6(9)10)11-5(2)8/h1,6H. The van der Waals surface area contributed by atoms with Crippen molar-refractivity contribution in [2.24, 2.45) is 0 Å². The zero-order valence-corrected chi connectivity index (χ0v) is 8.72. The van der Waals surface area contributed by atoms with Gasteiger partial charge < -0.3 is 0 Å². The van der Waals surface area contributed by atoms with Gasteiger partial charge in [0, 0.05) is 6.07 Å². The molecule has 0 aliphatic carbocycles. The minimum atomic E-state index is -3.03. The van der Waals surface area contributed by atoms with E-state index in [1.54, 1.807) is 0 Å². The number of rotatable bonds is 2. The molecule has 0 atom stereocenters. The summed E-state index contributed by atoms with van der Waals surface area (Å²) < 4.78 is 24.6. The van der Waals surface area contributed by atoms with Gasteiger partial charge in [-0.1, -0.05) is 11.6 Å². The Bertz CT molecular complexity index is 388. The van der Waals surface area contributed by atoms with Gasteiger partial charge in [0.1, 0.15) is 5.15 Å². The zero-order chi connectivity index (χ0) is 10.9. The molecule has 14 heavy (non-hydrogen) atoms. The second-order valence-electron chi connectivity index (χ2n) is 2.22. The van der Waals surface area contributed by atoms with E-state index in [0.29, 0.717) is 0 Å². The van der Waals surface area contributed by atoms with Crippen molar-refractivity contribution in [2.75, 3.05) is 0 Å². The normalized spacial score (nSPS) is 10.6. The Balaban J connectivity index is 3.39. The lowest BCUT2D eigenvalue weighted by Crippen LogP contribution is -1.99. The summed E-state index contributed by atoms with van der Waals surface area (Å²) >= 11 is 8.27. The topological polar surface area (TPSA) is 56.0 Å². The predicted molar refractivity (Wildman–Crippen MR) is 48.6 cm³/mol. The molecule has 1 aromatic rings. The van der Waals surface area contributed by atoms with E-state index in [-0.39, 0.29) is 9.63 Å². The summed E-state index contributed by atoms with van der Waals surface area (Å²) in [6, 6.07) is 0.900. The van der Waals surface area contributed by atoms with Gasteiger partial charge in [-0.15, -0.1) is 0 Å². The summed E-state index contributed by atoms with van der Waals surface area (Å²) in [5.41, 5.74) is -1.68. The number of nitro groups is 1. The summed E-state index contributed by atoms with van der Waals surface area (Å²) in [5, 5.41) is 10.1. The average molecular weight is 287 g/mol. The highest BCUT2D eigenvalue weighted by molar-refractivity contribution is 9.10. The van der Waals surface area contributed by atoms with Crippen LogP contribution in [0.15, 0.2) is 10.5 Å². The highest BCUT2D eigenvalue weighted by atomic mass is 79.9. The van der Waals surface area contributed by atoms with E-state index in [4.69, 9.17) is 11.6 Å². The first-order chi connectivity index (χ1) is 6.43. The van der Waals surface area contributed by atoms with Gasteiger partial charge in [0.15, 0.2) is 5.69 Å². The third-order valence-corrected chi connectivity index (χ3v) is 2.47. The number of hydrogen-bond donors (Lipinski definition) is 0. The summed E-state index contributed by atoms with van der Waals surface area (Å²) in [6.07, 6.45) is -3.03. The van der Waals surface area contributed by atoms with Gasteiger partial charge in [-0.3, -0.25) is 10.1 Å². The maximum atomic E-state index is 12.3. The number of aromatic nitrogens is 1.